The zero-order chi connectivity index (χ0) is 12.3. The summed E-state index contributed by atoms with van der Waals surface area (Å²) in [5, 5.41) is 20.9. The van der Waals surface area contributed by atoms with Crippen molar-refractivity contribution in [1.82, 2.24) is 9.78 Å². The molecule has 0 aliphatic heterocycles. The molecule has 2 N–H and O–H groups in total. The molecule has 16 heavy (non-hydrogen) atoms. The van der Waals surface area contributed by atoms with E-state index in [-0.39, 0.29) is 12.2 Å². The zero-order valence-corrected chi connectivity index (χ0v) is 7.98. The summed E-state index contributed by atoms with van der Waals surface area (Å²) in [7, 11) is 0. The van der Waals surface area contributed by atoms with Gasteiger partial charge in [-0.15, -0.1) is 0 Å². The van der Waals surface area contributed by atoms with Gasteiger partial charge in [0.15, 0.2) is 6.10 Å². The third-order valence-corrected chi connectivity index (χ3v) is 1.93. The SMILES string of the molecule is O=C(O)c1ccnn1CC[C@@H](O)C(F)(F)F. The molecule has 0 spiro atoms. The lowest BCUT2D eigenvalue weighted by Gasteiger charge is -2.14. The van der Waals surface area contributed by atoms with Crippen LogP contribution in [0.4, 0.5) is 13.2 Å². The van der Waals surface area contributed by atoms with Crippen molar-refractivity contribution in [2.45, 2.75) is 25.2 Å². The summed E-state index contributed by atoms with van der Waals surface area (Å²) in [4.78, 5) is 10.6. The van der Waals surface area contributed by atoms with E-state index in [4.69, 9.17) is 10.2 Å². The monoisotopic (exact) mass is 238 g/mol. The molecule has 0 saturated carbocycles. The number of aromatic nitrogens is 2. The summed E-state index contributed by atoms with van der Waals surface area (Å²) in [5.41, 5.74) is -0.214. The molecular formula is C8H9F3N2O3. The third-order valence-electron chi connectivity index (χ3n) is 1.93. The highest BCUT2D eigenvalue weighted by Crippen LogP contribution is 2.22. The molecule has 0 aliphatic carbocycles. The van der Waals surface area contributed by atoms with E-state index in [1.807, 2.05) is 0 Å². The first-order valence-corrected chi connectivity index (χ1v) is 4.32. The Morgan fingerprint density at radius 2 is 2.19 bits per heavy atom. The number of carbonyl (C=O) groups is 1. The van der Waals surface area contributed by atoms with Crippen molar-refractivity contribution >= 4 is 5.97 Å². The number of halogens is 3. The van der Waals surface area contributed by atoms with E-state index >= 15 is 0 Å². The predicted molar refractivity (Wildman–Crippen MR) is 45.9 cm³/mol. The van der Waals surface area contributed by atoms with Crippen molar-refractivity contribution in [3.63, 3.8) is 0 Å². The maximum Gasteiger partial charge on any atom is 0.414 e. The summed E-state index contributed by atoms with van der Waals surface area (Å²) in [6.45, 7) is -0.310. The van der Waals surface area contributed by atoms with Gasteiger partial charge >= 0.3 is 12.1 Å². The second-order valence-electron chi connectivity index (χ2n) is 3.09. The van der Waals surface area contributed by atoms with Gasteiger partial charge in [-0.05, 0) is 6.07 Å². The van der Waals surface area contributed by atoms with Gasteiger partial charge in [0.05, 0.1) is 0 Å². The van der Waals surface area contributed by atoms with Crippen LogP contribution >= 0.6 is 0 Å². The highest BCUT2D eigenvalue weighted by atomic mass is 19.4. The standard InChI is InChI=1S/C8H9F3N2O3/c9-8(10,11)6(14)2-4-13-5(7(15)16)1-3-12-13/h1,3,6,14H,2,4H2,(H,15,16)/t6-/m1/s1. The second-order valence-corrected chi connectivity index (χ2v) is 3.09. The Morgan fingerprint density at radius 3 is 2.69 bits per heavy atom. The average Bonchev–Trinajstić information content (AvgIpc) is 2.60. The number of rotatable bonds is 4. The topological polar surface area (TPSA) is 75.3 Å². The van der Waals surface area contributed by atoms with Crippen LogP contribution in [0.15, 0.2) is 12.3 Å². The molecule has 0 bridgehead atoms. The van der Waals surface area contributed by atoms with Crippen molar-refractivity contribution in [2.75, 3.05) is 0 Å². The van der Waals surface area contributed by atoms with Crippen LogP contribution in [0.25, 0.3) is 0 Å². The van der Waals surface area contributed by atoms with E-state index in [1.54, 1.807) is 0 Å². The Balaban J connectivity index is 2.62. The number of aromatic carboxylic acids is 1. The summed E-state index contributed by atoms with van der Waals surface area (Å²) in [5.74, 6) is -1.28. The molecule has 1 aromatic heterocycles. The van der Waals surface area contributed by atoms with Crippen LogP contribution in [0.3, 0.4) is 0 Å². The lowest BCUT2D eigenvalue weighted by atomic mass is 10.2. The van der Waals surface area contributed by atoms with Crippen molar-refractivity contribution in [2.24, 2.45) is 0 Å². The summed E-state index contributed by atoms with van der Waals surface area (Å²) >= 11 is 0. The first-order valence-electron chi connectivity index (χ1n) is 4.32. The third kappa shape index (κ3) is 2.96. The van der Waals surface area contributed by atoms with Gasteiger partial charge in [-0.2, -0.15) is 18.3 Å². The van der Waals surface area contributed by atoms with Gasteiger partial charge in [-0.1, -0.05) is 0 Å². The number of hydrogen-bond acceptors (Lipinski definition) is 3. The quantitative estimate of drug-likeness (QED) is 0.816. The minimum Gasteiger partial charge on any atom is -0.477 e. The summed E-state index contributed by atoms with van der Waals surface area (Å²) in [6.07, 6.45) is -6.64. The molecular weight excluding hydrogens is 229 g/mol. The van der Waals surface area contributed by atoms with Crippen LogP contribution in [0.2, 0.25) is 0 Å². The van der Waals surface area contributed by atoms with Gasteiger partial charge in [0.25, 0.3) is 0 Å². The fraction of sp³-hybridized carbons (Fsp3) is 0.500. The highest BCUT2D eigenvalue weighted by Gasteiger charge is 2.37. The Hall–Kier alpha value is -1.57. The lowest BCUT2D eigenvalue weighted by molar-refractivity contribution is -0.206. The van der Waals surface area contributed by atoms with Crippen molar-refractivity contribution in [3.8, 4) is 0 Å². The minimum atomic E-state index is -4.70. The fourth-order valence-electron chi connectivity index (χ4n) is 1.10. The van der Waals surface area contributed by atoms with Crippen molar-refractivity contribution in [3.05, 3.63) is 18.0 Å². The molecule has 0 amide bonds. The number of hydrogen-bond donors (Lipinski definition) is 2. The molecule has 0 saturated heterocycles. The van der Waals surface area contributed by atoms with Gasteiger partial charge in [-0.3, -0.25) is 4.68 Å². The predicted octanol–water partition coefficient (Wildman–Crippen LogP) is 0.895. The van der Waals surface area contributed by atoms with Gasteiger partial charge in [0.1, 0.15) is 5.69 Å². The van der Waals surface area contributed by atoms with Crippen LogP contribution in [0, 0.1) is 0 Å². The zero-order valence-electron chi connectivity index (χ0n) is 7.98. The van der Waals surface area contributed by atoms with E-state index in [0.717, 1.165) is 4.68 Å². The van der Waals surface area contributed by atoms with Crippen molar-refractivity contribution in [1.29, 1.82) is 0 Å². The Bertz CT molecular complexity index is 375. The number of aryl methyl sites for hydroxylation is 1. The molecule has 1 rings (SSSR count). The normalized spacial score (nSPS) is 13.8. The number of alkyl halides is 3. The highest BCUT2D eigenvalue weighted by molar-refractivity contribution is 5.85. The van der Waals surface area contributed by atoms with Crippen LogP contribution < -0.4 is 0 Å². The maximum atomic E-state index is 11.9. The van der Waals surface area contributed by atoms with E-state index < -0.39 is 24.7 Å². The van der Waals surface area contributed by atoms with E-state index in [2.05, 4.69) is 5.10 Å². The molecule has 0 aromatic carbocycles. The van der Waals surface area contributed by atoms with Crippen LogP contribution in [-0.4, -0.2) is 38.2 Å². The molecule has 0 fully saturated rings. The number of carboxylic acid groups (broad SMARTS) is 1. The van der Waals surface area contributed by atoms with Crippen LogP contribution in [-0.2, 0) is 6.54 Å². The Kier molecular flexibility index (Phi) is 3.53. The van der Waals surface area contributed by atoms with Gasteiger partial charge in [-0.25, -0.2) is 4.79 Å². The van der Waals surface area contributed by atoms with Gasteiger partial charge < -0.3 is 10.2 Å². The molecule has 1 atom stereocenters. The molecule has 1 heterocycles. The lowest BCUT2D eigenvalue weighted by Crippen LogP contribution is -2.30. The van der Waals surface area contributed by atoms with Gasteiger partial charge in [0, 0.05) is 19.2 Å². The van der Waals surface area contributed by atoms with E-state index in [9.17, 15) is 18.0 Å². The van der Waals surface area contributed by atoms with Crippen LogP contribution in [0.1, 0.15) is 16.9 Å². The second kappa shape index (κ2) is 4.52. The first kappa shape index (κ1) is 12.5. The molecule has 90 valence electrons. The Labute approximate surface area is 88.1 Å². The molecule has 1 aromatic rings. The summed E-state index contributed by atoms with van der Waals surface area (Å²) < 4.78 is 36.7. The molecule has 0 aliphatic rings. The smallest absolute Gasteiger partial charge is 0.414 e. The summed E-state index contributed by atoms with van der Waals surface area (Å²) in [6, 6.07) is 1.17. The first-order chi connectivity index (χ1) is 7.32. The number of aliphatic hydroxyl groups excluding tert-OH is 1. The average molecular weight is 238 g/mol. The number of nitrogens with zero attached hydrogens (tertiary/aromatic N) is 2. The van der Waals surface area contributed by atoms with Crippen LogP contribution in [0.5, 0.6) is 0 Å². The fourth-order valence-corrected chi connectivity index (χ4v) is 1.10. The van der Waals surface area contributed by atoms with E-state index in [0.29, 0.717) is 0 Å². The number of aliphatic hydroxyl groups is 1. The Morgan fingerprint density at radius 1 is 1.56 bits per heavy atom. The molecule has 0 unspecified atom stereocenters. The maximum absolute atomic E-state index is 11.9. The molecule has 5 nitrogen and oxygen atoms in total. The van der Waals surface area contributed by atoms with E-state index in [1.165, 1.54) is 12.3 Å². The van der Waals surface area contributed by atoms with Crippen molar-refractivity contribution < 1.29 is 28.2 Å². The van der Waals surface area contributed by atoms with Gasteiger partial charge in [0.2, 0.25) is 0 Å². The molecule has 0 radical (unpaired) electrons. The largest absolute Gasteiger partial charge is 0.477 e. The molecule has 8 heteroatoms. The number of carboxylic acids is 1. The minimum absolute atomic E-state index is 0.214.